The number of piperidine rings is 1. The minimum absolute atomic E-state index is 0.259. The van der Waals surface area contributed by atoms with E-state index >= 15 is 0 Å². The van der Waals surface area contributed by atoms with Crippen molar-refractivity contribution in [1.82, 2.24) is 15.2 Å². The fourth-order valence-corrected chi connectivity index (χ4v) is 3.39. The van der Waals surface area contributed by atoms with Gasteiger partial charge in [-0.3, -0.25) is 9.88 Å². The smallest absolute Gasteiger partial charge is 0.141 e. The van der Waals surface area contributed by atoms with E-state index in [1.165, 1.54) is 25.1 Å². The van der Waals surface area contributed by atoms with Crippen molar-refractivity contribution in [3.8, 4) is 0 Å². The van der Waals surface area contributed by atoms with Gasteiger partial charge in [-0.25, -0.2) is 4.39 Å². The standard InChI is InChI=1S/C14H20FN3/c1-10(13-5-4-12(15)8-17-13)18-6-2-3-11-7-16-9-14(11)18/h4-5,8,10-11,14,16H,2-3,6-7,9H2,1H3. The molecule has 3 nitrogen and oxygen atoms in total. The molecule has 0 aromatic carbocycles. The molecule has 3 unspecified atom stereocenters. The van der Waals surface area contributed by atoms with E-state index in [0.29, 0.717) is 6.04 Å². The van der Waals surface area contributed by atoms with Gasteiger partial charge in [0, 0.05) is 18.6 Å². The summed E-state index contributed by atoms with van der Waals surface area (Å²) in [4.78, 5) is 6.77. The van der Waals surface area contributed by atoms with Gasteiger partial charge in [0.25, 0.3) is 0 Å². The molecule has 4 heteroatoms. The maximum absolute atomic E-state index is 12.9. The minimum atomic E-state index is -0.259. The van der Waals surface area contributed by atoms with Crippen LogP contribution in [0.3, 0.4) is 0 Å². The van der Waals surface area contributed by atoms with Crippen LogP contribution >= 0.6 is 0 Å². The molecule has 0 saturated carbocycles. The molecular weight excluding hydrogens is 229 g/mol. The van der Waals surface area contributed by atoms with Gasteiger partial charge in [0.2, 0.25) is 0 Å². The molecule has 3 heterocycles. The first-order chi connectivity index (χ1) is 8.75. The summed E-state index contributed by atoms with van der Waals surface area (Å²) in [5, 5.41) is 3.49. The van der Waals surface area contributed by atoms with Crippen molar-refractivity contribution in [2.75, 3.05) is 19.6 Å². The molecule has 1 aromatic rings. The first-order valence-electron chi connectivity index (χ1n) is 6.83. The second-order valence-electron chi connectivity index (χ2n) is 5.44. The molecule has 2 aliphatic rings. The molecule has 3 rings (SSSR count). The summed E-state index contributed by atoms with van der Waals surface area (Å²) >= 11 is 0. The third-order valence-corrected chi connectivity index (χ3v) is 4.40. The van der Waals surface area contributed by atoms with E-state index in [1.54, 1.807) is 0 Å². The summed E-state index contributed by atoms with van der Waals surface area (Å²) in [6.45, 7) is 5.53. The SMILES string of the molecule is CC(c1ccc(F)cn1)N1CCCC2CNCC21. The molecule has 2 fully saturated rings. The third kappa shape index (κ3) is 2.15. The van der Waals surface area contributed by atoms with E-state index in [-0.39, 0.29) is 11.9 Å². The number of nitrogens with one attached hydrogen (secondary N) is 1. The van der Waals surface area contributed by atoms with Crippen molar-refractivity contribution < 1.29 is 4.39 Å². The van der Waals surface area contributed by atoms with Crippen molar-refractivity contribution in [2.24, 2.45) is 5.92 Å². The normalized spacial score (nSPS) is 30.1. The Bertz CT molecular complexity index is 406. The Morgan fingerprint density at radius 3 is 3.11 bits per heavy atom. The van der Waals surface area contributed by atoms with Gasteiger partial charge in [-0.15, -0.1) is 0 Å². The van der Waals surface area contributed by atoms with E-state index in [2.05, 4.69) is 22.1 Å². The summed E-state index contributed by atoms with van der Waals surface area (Å²) in [5.41, 5.74) is 0.976. The van der Waals surface area contributed by atoms with Crippen molar-refractivity contribution >= 4 is 0 Å². The Labute approximate surface area is 107 Å². The minimum Gasteiger partial charge on any atom is -0.315 e. The average Bonchev–Trinajstić information content (AvgIpc) is 2.87. The summed E-state index contributed by atoms with van der Waals surface area (Å²) in [6.07, 6.45) is 3.91. The van der Waals surface area contributed by atoms with Gasteiger partial charge in [-0.2, -0.15) is 0 Å². The summed E-state index contributed by atoms with van der Waals surface area (Å²) in [7, 11) is 0. The van der Waals surface area contributed by atoms with Gasteiger partial charge in [-0.05, 0) is 50.9 Å². The Kier molecular flexibility index (Phi) is 3.31. The lowest BCUT2D eigenvalue weighted by atomic mass is 9.90. The molecule has 0 bridgehead atoms. The lowest BCUT2D eigenvalue weighted by Crippen LogP contribution is -2.46. The summed E-state index contributed by atoms with van der Waals surface area (Å²) in [5.74, 6) is 0.520. The van der Waals surface area contributed by atoms with Crippen LogP contribution in [0.25, 0.3) is 0 Å². The van der Waals surface area contributed by atoms with Crippen LogP contribution in [0.1, 0.15) is 31.5 Å². The van der Waals surface area contributed by atoms with Crippen molar-refractivity contribution in [1.29, 1.82) is 0 Å². The Balaban J connectivity index is 1.78. The number of rotatable bonds is 2. The quantitative estimate of drug-likeness (QED) is 0.868. The zero-order valence-corrected chi connectivity index (χ0v) is 10.8. The fourth-order valence-electron chi connectivity index (χ4n) is 3.39. The molecule has 1 N–H and O–H groups in total. The van der Waals surface area contributed by atoms with Crippen LogP contribution in [0.5, 0.6) is 0 Å². The Morgan fingerprint density at radius 1 is 1.44 bits per heavy atom. The van der Waals surface area contributed by atoms with Crippen molar-refractivity contribution in [2.45, 2.75) is 31.8 Å². The van der Waals surface area contributed by atoms with E-state index in [4.69, 9.17) is 0 Å². The molecule has 2 saturated heterocycles. The van der Waals surface area contributed by atoms with Crippen LogP contribution in [-0.4, -0.2) is 35.6 Å². The number of hydrogen-bond acceptors (Lipinski definition) is 3. The second-order valence-corrected chi connectivity index (χ2v) is 5.44. The molecule has 18 heavy (non-hydrogen) atoms. The molecule has 1 aromatic heterocycles. The second kappa shape index (κ2) is 4.94. The number of fused-ring (bicyclic) bond motifs is 1. The topological polar surface area (TPSA) is 28.2 Å². The largest absolute Gasteiger partial charge is 0.315 e. The van der Waals surface area contributed by atoms with E-state index in [0.717, 1.165) is 31.2 Å². The summed E-state index contributed by atoms with van der Waals surface area (Å²) in [6, 6.07) is 4.22. The molecule has 3 atom stereocenters. The average molecular weight is 249 g/mol. The number of pyridine rings is 1. The zero-order valence-electron chi connectivity index (χ0n) is 10.8. The maximum Gasteiger partial charge on any atom is 0.141 e. The van der Waals surface area contributed by atoms with Gasteiger partial charge in [0.05, 0.1) is 11.9 Å². The highest BCUT2D eigenvalue weighted by molar-refractivity contribution is 5.11. The molecule has 0 spiro atoms. The molecule has 2 aliphatic heterocycles. The Hall–Kier alpha value is -1.00. The summed E-state index contributed by atoms with van der Waals surface area (Å²) < 4.78 is 12.9. The number of halogens is 1. The van der Waals surface area contributed by atoms with Crippen LogP contribution in [0.2, 0.25) is 0 Å². The number of hydrogen-bond donors (Lipinski definition) is 1. The van der Waals surface area contributed by atoms with Crippen molar-refractivity contribution in [3.05, 3.63) is 29.8 Å². The maximum atomic E-state index is 12.9. The number of nitrogens with zero attached hydrogens (tertiary/aromatic N) is 2. The van der Waals surface area contributed by atoms with E-state index in [9.17, 15) is 4.39 Å². The highest BCUT2D eigenvalue weighted by atomic mass is 19.1. The van der Waals surface area contributed by atoms with Gasteiger partial charge in [0.15, 0.2) is 0 Å². The van der Waals surface area contributed by atoms with Crippen LogP contribution in [-0.2, 0) is 0 Å². The monoisotopic (exact) mass is 249 g/mol. The van der Waals surface area contributed by atoms with Crippen LogP contribution in [0, 0.1) is 11.7 Å². The number of likely N-dealkylation sites (tertiary alicyclic amines) is 1. The Morgan fingerprint density at radius 2 is 2.33 bits per heavy atom. The highest BCUT2D eigenvalue weighted by Crippen LogP contribution is 2.32. The van der Waals surface area contributed by atoms with Crippen LogP contribution in [0.15, 0.2) is 18.3 Å². The fraction of sp³-hybridized carbons (Fsp3) is 0.643. The third-order valence-electron chi connectivity index (χ3n) is 4.40. The van der Waals surface area contributed by atoms with Crippen molar-refractivity contribution in [3.63, 3.8) is 0 Å². The molecule has 98 valence electrons. The zero-order chi connectivity index (χ0) is 12.5. The van der Waals surface area contributed by atoms with E-state index in [1.807, 2.05) is 6.07 Å². The van der Waals surface area contributed by atoms with Gasteiger partial charge in [0.1, 0.15) is 5.82 Å². The van der Waals surface area contributed by atoms with Crippen LogP contribution in [0.4, 0.5) is 4.39 Å². The molecular formula is C14H20FN3. The molecule has 0 aliphatic carbocycles. The number of aromatic nitrogens is 1. The van der Waals surface area contributed by atoms with Gasteiger partial charge < -0.3 is 5.32 Å². The first-order valence-corrected chi connectivity index (χ1v) is 6.83. The predicted molar refractivity (Wildman–Crippen MR) is 68.7 cm³/mol. The lowest BCUT2D eigenvalue weighted by Gasteiger charge is -2.40. The highest BCUT2D eigenvalue weighted by Gasteiger charge is 2.37. The first kappa shape index (κ1) is 12.1. The molecule has 0 radical (unpaired) electrons. The predicted octanol–water partition coefficient (Wildman–Crippen LogP) is 1.97. The molecule has 0 amide bonds. The van der Waals surface area contributed by atoms with Crippen LogP contribution < -0.4 is 5.32 Å². The van der Waals surface area contributed by atoms with Gasteiger partial charge >= 0.3 is 0 Å². The van der Waals surface area contributed by atoms with E-state index < -0.39 is 0 Å². The lowest BCUT2D eigenvalue weighted by molar-refractivity contribution is 0.0828. The van der Waals surface area contributed by atoms with Gasteiger partial charge in [-0.1, -0.05) is 0 Å².